The number of carbonyl (C=O) groups is 2. The third kappa shape index (κ3) is 4.72. The number of aliphatic hydroxyl groups excluding tert-OH is 1. The highest BCUT2D eigenvalue weighted by atomic mass is 16.7. The minimum atomic E-state index is -0.800. The predicted molar refractivity (Wildman–Crippen MR) is 100.0 cm³/mol. The van der Waals surface area contributed by atoms with Gasteiger partial charge in [0.25, 0.3) is 0 Å². The summed E-state index contributed by atoms with van der Waals surface area (Å²) < 4.78 is 15.7. The molecule has 1 aliphatic heterocycles. The first-order valence-corrected chi connectivity index (χ1v) is 8.84. The third-order valence-electron chi connectivity index (χ3n) is 4.32. The minimum absolute atomic E-state index is 0.149. The zero-order valence-corrected chi connectivity index (χ0v) is 15.4. The van der Waals surface area contributed by atoms with Crippen molar-refractivity contribution in [1.29, 1.82) is 0 Å². The molecule has 0 fully saturated rings. The molecule has 0 radical (unpaired) electrons. The van der Waals surface area contributed by atoms with Gasteiger partial charge in [-0.3, -0.25) is 9.59 Å². The summed E-state index contributed by atoms with van der Waals surface area (Å²) >= 11 is 0. The molecule has 1 aliphatic rings. The molecule has 2 aromatic rings. The molecule has 0 saturated heterocycles. The second kappa shape index (κ2) is 9.09. The Morgan fingerprint density at radius 1 is 1.11 bits per heavy atom. The lowest BCUT2D eigenvalue weighted by Gasteiger charge is -2.13. The number of para-hydroxylation sites is 1. The summed E-state index contributed by atoms with van der Waals surface area (Å²) in [5, 5.41) is 15.3. The first-order chi connectivity index (χ1) is 13.6. The number of aliphatic hydroxyl groups is 1. The number of benzene rings is 2. The van der Waals surface area contributed by atoms with Crippen LogP contribution < -0.4 is 24.8 Å². The van der Waals surface area contributed by atoms with Crippen LogP contribution in [0.5, 0.6) is 17.2 Å². The van der Waals surface area contributed by atoms with E-state index in [-0.39, 0.29) is 26.3 Å². The number of rotatable bonds is 7. The van der Waals surface area contributed by atoms with Crippen molar-refractivity contribution in [1.82, 2.24) is 10.6 Å². The standard InChI is InChI=1S/C20H22N2O6/c1-26-16-5-3-2-4-14(16)11-22-20(25)19(24)21-9-8-15(23)13-6-7-17-18(10-13)28-12-27-17/h2-7,10,15,23H,8-9,11-12H2,1H3,(H,21,24)(H,22,25). The SMILES string of the molecule is COc1ccccc1CNC(=O)C(=O)NCCC(O)c1ccc2c(c1)OCO2. The average molecular weight is 386 g/mol. The van der Waals surface area contributed by atoms with Crippen molar-refractivity contribution in [2.75, 3.05) is 20.4 Å². The largest absolute Gasteiger partial charge is 0.496 e. The maximum atomic E-state index is 11.9. The molecule has 1 unspecified atom stereocenters. The number of nitrogens with one attached hydrogen (secondary N) is 2. The Kier molecular flexibility index (Phi) is 6.33. The van der Waals surface area contributed by atoms with Crippen molar-refractivity contribution in [2.24, 2.45) is 0 Å². The predicted octanol–water partition coefficient (Wildman–Crippen LogP) is 1.28. The van der Waals surface area contributed by atoms with Gasteiger partial charge in [0, 0.05) is 18.7 Å². The lowest BCUT2D eigenvalue weighted by Crippen LogP contribution is -2.40. The van der Waals surface area contributed by atoms with E-state index in [1.807, 2.05) is 12.1 Å². The summed E-state index contributed by atoms with van der Waals surface area (Å²) in [5.41, 5.74) is 1.42. The van der Waals surface area contributed by atoms with Gasteiger partial charge in [-0.2, -0.15) is 0 Å². The van der Waals surface area contributed by atoms with E-state index in [4.69, 9.17) is 14.2 Å². The second-order valence-electron chi connectivity index (χ2n) is 6.17. The van der Waals surface area contributed by atoms with Crippen LogP contribution in [0.3, 0.4) is 0 Å². The third-order valence-corrected chi connectivity index (χ3v) is 4.32. The molecule has 2 amide bonds. The van der Waals surface area contributed by atoms with E-state index in [9.17, 15) is 14.7 Å². The molecule has 3 rings (SSSR count). The van der Waals surface area contributed by atoms with E-state index in [1.165, 1.54) is 0 Å². The highest BCUT2D eigenvalue weighted by Gasteiger charge is 2.18. The summed E-state index contributed by atoms with van der Waals surface area (Å²) in [7, 11) is 1.54. The number of amides is 2. The normalized spacial score (nSPS) is 12.9. The number of fused-ring (bicyclic) bond motifs is 1. The first-order valence-electron chi connectivity index (χ1n) is 8.84. The van der Waals surface area contributed by atoms with Crippen molar-refractivity contribution >= 4 is 11.8 Å². The Hall–Kier alpha value is -3.26. The molecule has 0 saturated carbocycles. The molecule has 8 heteroatoms. The minimum Gasteiger partial charge on any atom is -0.496 e. The van der Waals surface area contributed by atoms with Crippen LogP contribution in [0.4, 0.5) is 0 Å². The molecule has 0 aromatic heterocycles. The van der Waals surface area contributed by atoms with Crippen LogP contribution in [0.1, 0.15) is 23.7 Å². The number of methoxy groups -OCH3 is 1. The molecule has 1 heterocycles. The molecule has 8 nitrogen and oxygen atoms in total. The van der Waals surface area contributed by atoms with Crippen molar-refractivity contribution in [3.63, 3.8) is 0 Å². The Balaban J connectivity index is 1.42. The first kappa shape index (κ1) is 19.5. The maximum Gasteiger partial charge on any atom is 0.309 e. The zero-order chi connectivity index (χ0) is 19.9. The fraction of sp³-hybridized carbons (Fsp3) is 0.300. The van der Waals surface area contributed by atoms with E-state index in [1.54, 1.807) is 37.4 Å². The number of hydrogen-bond acceptors (Lipinski definition) is 6. The van der Waals surface area contributed by atoms with Crippen molar-refractivity contribution in [2.45, 2.75) is 19.1 Å². The molecule has 0 bridgehead atoms. The van der Waals surface area contributed by atoms with Crippen LogP contribution >= 0.6 is 0 Å². The van der Waals surface area contributed by atoms with Crippen LogP contribution in [0.25, 0.3) is 0 Å². The highest BCUT2D eigenvalue weighted by Crippen LogP contribution is 2.34. The molecule has 1 atom stereocenters. The van der Waals surface area contributed by atoms with E-state index in [2.05, 4.69) is 10.6 Å². The zero-order valence-electron chi connectivity index (χ0n) is 15.4. The molecular formula is C20H22N2O6. The number of carbonyl (C=O) groups excluding carboxylic acids is 2. The Labute approximate surface area is 162 Å². The van der Waals surface area contributed by atoms with Gasteiger partial charge in [0.15, 0.2) is 11.5 Å². The maximum absolute atomic E-state index is 11.9. The second-order valence-corrected chi connectivity index (χ2v) is 6.17. The van der Waals surface area contributed by atoms with Crippen LogP contribution in [0.15, 0.2) is 42.5 Å². The smallest absolute Gasteiger partial charge is 0.309 e. The summed E-state index contributed by atoms with van der Waals surface area (Å²) in [4.78, 5) is 23.9. The van der Waals surface area contributed by atoms with Crippen LogP contribution in [-0.2, 0) is 16.1 Å². The van der Waals surface area contributed by atoms with Crippen molar-refractivity contribution < 1.29 is 28.9 Å². The van der Waals surface area contributed by atoms with Crippen molar-refractivity contribution in [3.05, 3.63) is 53.6 Å². The highest BCUT2D eigenvalue weighted by molar-refractivity contribution is 6.35. The van der Waals surface area contributed by atoms with Gasteiger partial charge >= 0.3 is 11.8 Å². The van der Waals surface area contributed by atoms with E-state index < -0.39 is 17.9 Å². The van der Waals surface area contributed by atoms with Crippen LogP contribution in [0.2, 0.25) is 0 Å². The number of ether oxygens (including phenoxy) is 3. The topological polar surface area (TPSA) is 106 Å². The van der Waals surface area contributed by atoms with Crippen LogP contribution in [-0.4, -0.2) is 37.4 Å². The Morgan fingerprint density at radius 3 is 2.68 bits per heavy atom. The van der Waals surface area contributed by atoms with Gasteiger partial charge in [-0.15, -0.1) is 0 Å². The quantitative estimate of drug-likeness (QED) is 0.619. The molecule has 3 N–H and O–H groups in total. The summed E-state index contributed by atoms with van der Waals surface area (Å²) in [5.74, 6) is 0.346. The van der Waals surface area contributed by atoms with Gasteiger partial charge in [-0.1, -0.05) is 24.3 Å². The van der Waals surface area contributed by atoms with Crippen LogP contribution in [0, 0.1) is 0 Å². The van der Waals surface area contributed by atoms with E-state index in [0.717, 1.165) is 5.56 Å². The Bertz CT molecular complexity index is 854. The summed E-state index contributed by atoms with van der Waals surface area (Å²) in [6.07, 6.45) is -0.544. The Morgan fingerprint density at radius 2 is 1.86 bits per heavy atom. The van der Waals surface area contributed by atoms with Gasteiger partial charge < -0.3 is 30.0 Å². The van der Waals surface area contributed by atoms with E-state index >= 15 is 0 Å². The average Bonchev–Trinajstić information content (AvgIpc) is 3.19. The molecule has 2 aromatic carbocycles. The van der Waals surface area contributed by atoms with Gasteiger partial charge in [0.05, 0.1) is 13.2 Å². The molecular weight excluding hydrogens is 364 g/mol. The monoisotopic (exact) mass is 386 g/mol. The van der Waals surface area contributed by atoms with Gasteiger partial charge in [0.2, 0.25) is 6.79 Å². The molecule has 148 valence electrons. The summed E-state index contributed by atoms with van der Waals surface area (Å²) in [6.45, 7) is 0.488. The fourth-order valence-electron chi connectivity index (χ4n) is 2.79. The molecule has 28 heavy (non-hydrogen) atoms. The lowest BCUT2D eigenvalue weighted by molar-refractivity contribution is -0.139. The van der Waals surface area contributed by atoms with Gasteiger partial charge in [-0.05, 0) is 30.2 Å². The molecule has 0 aliphatic carbocycles. The van der Waals surface area contributed by atoms with Gasteiger partial charge in [-0.25, -0.2) is 0 Å². The van der Waals surface area contributed by atoms with E-state index in [0.29, 0.717) is 22.8 Å². The van der Waals surface area contributed by atoms with Gasteiger partial charge in [0.1, 0.15) is 5.75 Å². The lowest BCUT2D eigenvalue weighted by atomic mass is 10.1. The fourth-order valence-corrected chi connectivity index (χ4v) is 2.79. The van der Waals surface area contributed by atoms with Crippen molar-refractivity contribution in [3.8, 4) is 17.2 Å². The summed E-state index contributed by atoms with van der Waals surface area (Å²) in [6, 6.07) is 12.4. The molecule has 0 spiro atoms. The number of hydrogen-bond donors (Lipinski definition) is 3.